The van der Waals surface area contributed by atoms with Crippen LogP contribution in [-0.2, 0) is 0 Å². The number of carbonyl (C=O) groups excluding carboxylic acids is 1. The standard InChI is InChI=1S/C17H23N5O2/c1-11-15(16(24-20-11)12-3-4-12)17(23)19-13-9-18-22(10-13)14-5-7-21(2)8-6-14/h9-10,12,14H,3-8H2,1-2H3,(H,19,23). The molecule has 2 fully saturated rings. The monoisotopic (exact) mass is 329 g/mol. The van der Waals surface area contributed by atoms with Crippen LogP contribution >= 0.6 is 0 Å². The molecule has 2 aromatic heterocycles. The summed E-state index contributed by atoms with van der Waals surface area (Å²) in [7, 11) is 2.14. The molecule has 1 saturated carbocycles. The first-order chi connectivity index (χ1) is 11.6. The van der Waals surface area contributed by atoms with E-state index in [2.05, 4.69) is 27.5 Å². The summed E-state index contributed by atoms with van der Waals surface area (Å²) in [4.78, 5) is 15.0. The predicted molar refractivity (Wildman–Crippen MR) is 89.2 cm³/mol. The summed E-state index contributed by atoms with van der Waals surface area (Å²) in [6.45, 7) is 3.97. The van der Waals surface area contributed by atoms with Gasteiger partial charge in [0.2, 0.25) is 0 Å². The van der Waals surface area contributed by atoms with Gasteiger partial charge in [0.15, 0.2) is 5.76 Å². The van der Waals surface area contributed by atoms with E-state index in [9.17, 15) is 4.79 Å². The third-order valence-electron chi connectivity index (χ3n) is 4.99. The molecule has 7 heteroatoms. The van der Waals surface area contributed by atoms with Crippen LogP contribution in [0.5, 0.6) is 0 Å². The lowest BCUT2D eigenvalue weighted by atomic mass is 10.1. The number of hydrogen-bond acceptors (Lipinski definition) is 5. The first-order valence-corrected chi connectivity index (χ1v) is 8.62. The first-order valence-electron chi connectivity index (χ1n) is 8.62. The van der Waals surface area contributed by atoms with Crippen molar-refractivity contribution in [2.45, 2.75) is 44.6 Å². The number of carbonyl (C=O) groups is 1. The third-order valence-corrected chi connectivity index (χ3v) is 4.99. The zero-order valence-electron chi connectivity index (χ0n) is 14.2. The Bertz CT molecular complexity index is 738. The first kappa shape index (κ1) is 15.4. The molecule has 0 bridgehead atoms. The SMILES string of the molecule is Cc1noc(C2CC2)c1C(=O)Nc1cnn(C2CCN(C)CC2)c1. The number of nitrogens with zero attached hydrogens (tertiary/aromatic N) is 4. The van der Waals surface area contributed by atoms with Gasteiger partial charge in [0.25, 0.3) is 5.91 Å². The minimum Gasteiger partial charge on any atom is -0.360 e. The van der Waals surface area contributed by atoms with Gasteiger partial charge in [-0.05, 0) is 52.7 Å². The normalized spacial score (nSPS) is 19.6. The Hall–Kier alpha value is -2.15. The molecule has 128 valence electrons. The number of anilines is 1. The summed E-state index contributed by atoms with van der Waals surface area (Å²) in [5.41, 5.74) is 1.96. The number of hydrogen-bond donors (Lipinski definition) is 1. The fourth-order valence-corrected chi connectivity index (χ4v) is 3.34. The molecule has 0 radical (unpaired) electrons. The van der Waals surface area contributed by atoms with Gasteiger partial charge in [0.05, 0.1) is 23.6 Å². The Kier molecular flexibility index (Phi) is 3.88. The summed E-state index contributed by atoms with van der Waals surface area (Å²) in [5, 5.41) is 11.3. The van der Waals surface area contributed by atoms with Crippen LogP contribution in [0.4, 0.5) is 5.69 Å². The topological polar surface area (TPSA) is 76.2 Å². The molecule has 1 aliphatic carbocycles. The highest BCUT2D eigenvalue weighted by Crippen LogP contribution is 2.42. The van der Waals surface area contributed by atoms with E-state index < -0.39 is 0 Å². The molecular weight excluding hydrogens is 306 g/mol. The molecule has 1 amide bonds. The molecule has 4 rings (SSSR count). The summed E-state index contributed by atoms with van der Waals surface area (Å²) >= 11 is 0. The average Bonchev–Trinajstić information content (AvgIpc) is 3.19. The molecule has 0 aromatic carbocycles. The molecule has 7 nitrogen and oxygen atoms in total. The van der Waals surface area contributed by atoms with E-state index in [1.54, 1.807) is 6.20 Å². The predicted octanol–water partition coefficient (Wildman–Crippen LogP) is 2.58. The van der Waals surface area contributed by atoms with E-state index >= 15 is 0 Å². The van der Waals surface area contributed by atoms with Crippen LogP contribution in [0.3, 0.4) is 0 Å². The van der Waals surface area contributed by atoms with Crippen molar-refractivity contribution in [1.82, 2.24) is 19.8 Å². The number of aromatic nitrogens is 3. The van der Waals surface area contributed by atoms with E-state index in [1.807, 2.05) is 17.8 Å². The maximum absolute atomic E-state index is 12.6. The molecular formula is C17H23N5O2. The van der Waals surface area contributed by atoms with Crippen molar-refractivity contribution in [2.75, 3.05) is 25.5 Å². The number of piperidine rings is 1. The van der Waals surface area contributed by atoms with Gasteiger partial charge in [0, 0.05) is 12.1 Å². The Morgan fingerprint density at radius 2 is 2.04 bits per heavy atom. The molecule has 3 heterocycles. The molecule has 1 saturated heterocycles. The van der Waals surface area contributed by atoms with Crippen molar-refractivity contribution in [3.05, 3.63) is 29.4 Å². The highest BCUT2D eigenvalue weighted by Gasteiger charge is 2.34. The fraction of sp³-hybridized carbons (Fsp3) is 0.588. The van der Waals surface area contributed by atoms with Crippen LogP contribution in [0.25, 0.3) is 0 Å². The van der Waals surface area contributed by atoms with Crippen LogP contribution in [0.1, 0.15) is 59.5 Å². The summed E-state index contributed by atoms with van der Waals surface area (Å²) < 4.78 is 7.33. The van der Waals surface area contributed by atoms with E-state index in [-0.39, 0.29) is 5.91 Å². The minimum absolute atomic E-state index is 0.154. The molecule has 2 aliphatic rings. The van der Waals surface area contributed by atoms with E-state index in [4.69, 9.17) is 4.52 Å². The smallest absolute Gasteiger partial charge is 0.261 e. The Morgan fingerprint density at radius 1 is 1.29 bits per heavy atom. The van der Waals surface area contributed by atoms with E-state index in [0.717, 1.165) is 50.2 Å². The quantitative estimate of drug-likeness (QED) is 0.933. The second-order valence-electron chi connectivity index (χ2n) is 6.98. The van der Waals surface area contributed by atoms with Crippen molar-refractivity contribution >= 4 is 11.6 Å². The lowest BCUT2D eigenvalue weighted by Gasteiger charge is -2.28. The Labute approximate surface area is 141 Å². The van der Waals surface area contributed by atoms with Crippen molar-refractivity contribution in [3.63, 3.8) is 0 Å². The number of amides is 1. The van der Waals surface area contributed by atoms with Crippen molar-refractivity contribution in [3.8, 4) is 0 Å². The van der Waals surface area contributed by atoms with Gasteiger partial charge in [-0.25, -0.2) is 0 Å². The van der Waals surface area contributed by atoms with Gasteiger partial charge in [-0.1, -0.05) is 5.16 Å². The minimum atomic E-state index is -0.154. The van der Waals surface area contributed by atoms with Crippen molar-refractivity contribution in [2.24, 2.45) is 0 Å². The molecule has 2 aromatic rings. The number of aryl methyl sites for hydroxylation is 1. The zero-order valence-corrected chi connectivity index (χ0v) is 14.2. The van der Waals surface area contributed by atoms with Gasteiger partial charge >= 0.3 is 0 Å². The summed E-state index contributed by atoms with van der Waals surface area (Å²) in [6, 6.07) is 0.409. The second-order valence-corrected chi connectivity index (χ2v) is 6.98. The molecule has 24 heavy (non-hydrogen) atoms. The average molecular weight is 329 g/mol. The fourth-order valence-electron chi connectivity index (χ4n) is 3.34. The van der Waals surface area contributed by atoms with Gasteiger partial charge in [-0.2, -0.15) is 5.10 Å². The zero-order chi connectivity index (χ0) is 16.7. The van der Waals surface area contributed by atoms with Gasteiger partial charge < -0.3 is 14.7 Å². The van der Waals surface area contributed by atoms with Crippen LogP contribution in [0.15, 0.2) is 16.9 Å². The van der Waals surface area contributed by atoms with Gasteiger partial charge in [-0.3, -0.25) is 9.48 Å². The van der Waals surface area contributed by atoms with Gasteiger partial charge in [0.1, 0.15) is 5.56 Å². The highest BCUT2D eigenvalue weighted by molar-refractivity contribution is 6.05. The van der Waals surface area contributed by atoms with Crippen molar-refractivity contribution < 1.29 is 9.32 Å². The third kappa shape index (κ3) is 2.96. The number of likely N-dealkylation sites (tertiary alicyclic amines) is 1. The lowest BCUT2D eigenvalue weighted by molar-refractivity contribution is 0.102. The van der Waals surface area contributed by atoms with Crippen LogP contribution in [0, 0.1) is 6.92 Å². The number of nitrogens with one attached hydrogen (secondary N) is 1. The van der Waals surface area contributed by atoms with E-state index in [0.29, 0.717) is 23.2 Å². The van der Waals surface area contributed by atoms with E-state index in [1.165, 1.54) is 0 Å². The molecule has 0 atom stereocenters. The second kappa shape index (κ2) is 6.05. The molecule has 1 aliphatic heterocycles. The largest absolute Gasteiger partial charge is 0.360 e. The Balaban J connectivity index is 1.46. The van der Waals surface area contributed by atoms with Crippen LogP contribution in [0.2, 0.25) is 0 Å². The number of rotatable bonds is 4. The molecule has 1 N–H and O–H groups in total. The van der Waals surface area contributed by atoms with Crippen molar-refractivity contribution in [1.29, 1.82) is 0 Å². The molecule has 0 spiro atoms. The molecule has 0 unspecified atom stereocenters. The Morgan fingerprint density at radius 3 is 2.75 bits per heavy atom. The maximum Gasteiger partial charge on any atom is 0.261 e. The summed E-state index contributed by atoms with van der Waals surface area (Å²) in [6.07, 6.45) is 7.96. The summed E-state index contributed by atoms with van der Waals surface area (Å²) in [5.74, 6) is 0.931. The highest BCUT2D eigenvalue weighted by atomic mass is 16.5. The lowest BCUT2D eigenvalue weighted by Crippen LogP contribution is -2.31. The maximum atomic E-state index is 12.6. The van der Waals surface area contributed by atoms with Crippen LogP contribution < -0.4 is 5.32 Å². The van der Waals surface area contributed by atoms with Crippen LogP contribution in [-0.4, -0.2) is 45.9 Å². The van der Waals surface area contributed by atoms with Gasteiger partial charge in [-0.15, -0.1) is 0 Å².